The van der Waals surface area contributed by atoms with E-state index < -0.39 is 0 Å². The van der Waals surface area contributed by atoms with Crippen LogP contribution in [-0.2, 0) is 4.79 Å². The molecule has 0 bridgehead atoms. The van der Waals surface area contributed by atoms with Crippen LogP contribution >= 0.6 is 0 Å². The number of methoxy groups -OCH3 is 1. The summed E-state index contributed by atoms with van der Waals surface area (Å²) in [5.41, 5.74) is 3.37. The number of quaternary nitrogens is 1. The molecule has 6 nitrogen and oxygen atoms in total. The zero-order valence-corrected chi connectivity index (χ0v) is 17.8. The fraction of sp³-hybridized carbons (Fsp3) is 0.240. The summed E-state index contributed by atoms with van der Waals surface area (Å²) in [7, 11) is 1.66. The number of furan rings is 1. The van der Waals surface area contributed by atoms with Crippen molar-refractivity contribution in [3.8, 4) is 5.75 Å². The van der Waals surface area contributed by atoms with Crippen molar-refractivity contribution in [2.24, 2.45) is 0 Å². The van der Waals surface area contributed by atoms with Crippen molar-refractivity contribution in [2.45, 2.75) is 18.9 Å². The maximum atomic E-state index is 12.6. The van der Waals surface area contributed by atoms with E-state index in [2.05, 4.69) is 34.6 Å². The monoisotopic (exact) mass is 418 g/mol. The minimum atomic E-state index is -0.00300. The van der Waals surface area contributed by atoms with Gasteiger partial charge in [0.05, 0.1) is 13.4 Å². The molecule has 4 aromatic rings. The van der Waals surface area contributed by atoms with Crippen LogP contribution in [0.1, 0.15) is 35.8 Å². The summed E-state index contributed by atoms with van der Waals surface area (Å²) in [6, 6.07) is 20.1. The van der Waals surface area contributed by atoms with Gasteiger partial charge < -0.3 is 24.8 Å². The Bertz CT molecular complexity index is 1120. The third-order valence-electron chi connectivity index (χ3n) is 5.67. The van der Waals surface area contributed by atoms with Crippen molar-refractivity contribution in [2.75, 3.05) is 20.2 Å². The first-order valence-corrected chi connectivity index (χ1v) is 10.5. The van der Waals surface area contributed by atoms with Gasteiger partial charge in [0.1, 0.15) is 11.8 Å². The van der Waals surface area contributed by atoms with Gasteiger partial charge in [-0.2, -0.15) is 0 Å². The van der Waals surface area contributed by atoms with Crippen molar-refractivity contribution in [3.05, 3.63) is 90.0 Å². The summed E-state index contributed by atoms with van der Waals surface area (Å²) in [5.74, 6) is 1.69. The highest BCUT2D eigenvalue weighted by Gasteiger charge is 2.20. The third kappa shape index (κ3) is 4.81. The van der Waals surface area contributed by atoms with Crippen LogP contribution in [0.25, 0.3) is 10.9 Å². The Morgan fingerprint density at radius 3 is 2.68 bits per heavy atom. The van der Waals surface area contributed by atoms with Gasteiger partial charge in [-0.05, 0) is 48.4 Å². The van der Waals surface area contributed by atoms with E-state index in [1.165, 1.54) is 0 Å². The van der Waals surface area contributed by atoms with E-state index in [0.29, 0.717) is 13.1 Å². The molecule has 4 rings (SSSR count). The molecule has 0 fully saturated rings. The summed E-state index contributed by atoms with van der Waals surface area (Å²) in [6.45, 7) is 2.87. The largest absolute Gasteiger partial charge is 0.497 e. The van der Waals surface area contributed by atoms with Crippen LogP contribution in [0.15, 0.2) is 77.5 Å². The summed E-state index contributed by atoms with van der Waals surface area (Å²) in [6.07, 6.45) is 3.69. The molecule has 31 heavy (non-hydrogen) atoms. The number of nitrogens with one attached hydrogen (secondary N) is 2. The van der Waals surface area contributed by atoms with E-state index >= 15 is 0 Å². The minimum absolute atomic E-state index is 0.00300. The number of carbonyl (C=O) groups is 1. The molecule has 0 radical (unpaired) electrons. The van der Waals surface area contributed by atoms with E-state index in [1.54, 1.807) is 13.4 Å². The van der Waals surface area contributed by atoms with Crippen LogP contribution in [0.2, 0.25) is 0 Å². The Hall–Kier alpha value is -3.51. The molecule has 2 aromatic heterocycles. The molecule has 0 aliphatic heterocycles. The van der Waals surface area contributed by atoms with Crippen molar-refractivity contribution in [1.29, 1.82) is 0 Å². The molecular weight excluding hydrogens is 390 g/mol. The number of H-pyrrole nitrogens is 1. The van der Waals surface area contributed by atoms with Gasteiger partial charge in [0.2, 0.25) is 0 Å². The van der Waals surface area contributed by atoms with Gasteiger partial charge in [-0.15, -0.1) is 0 Å². The first-order chi connectivity index (χ1) is 15.2. The second-order valence-electron chi connectivity index (χ2n) is 7.66. The van der Waals surface area contributed by atoms with E-state index in [9.17, 15) is 4.79 Å². The number of aromatic nitrogens is 1. The molecule has 0 saturated carbocycles. The average molecular weight is 419 g/mol. The quantitative estimate of drug-likeness (QED) is 0.390. The fourth-order valence-electron chi connectivity index (χ4n) is 3.86. The Labute approximate surface area is 181 Å². The zero-order valence-electron chi connectivity index (χ0n) is 17.8. The lowest BCUT2D eigenvalue weighted by molar-refractivity contribution is -0.684. The number of benzene rings is 2. The number of hydrogen-bond donors (Lipinski definition) is 3. The van der Waals surface area contributed by atoms with Crippen molar-refractivity contribution < 1.29 is 19.3 Å². The molecule has 2 atom stereocenters. The first-order valence-electron chi connectivity index (χ1n) is 10.5. The Morgan fingerprint density at radius 1 is 1.13 bits per heavy atom. The molecule has 160 valence electrons. The number of nitrogens with two attached hydrogens (primary N) is 1. The van der Waals surface area contributed by atoms with Crippen LogP contribution in [0, 0.1) is 0 Å². The molecular formula is C25H28N3O3+. The van der Waals surface area contributed by atoms with E-state index in [4.69, 9.17) is 9.15 Å². The lowest BCUT2D eigenvalue weighted by Gasteiger charge is -2.19. The van der Waals surface area contributed by atoms with Crippen molar-refractivity contribution in [3.63, 3.8) is 0 Å². The first kappa shape index (κ1) is 20.8. The van der Waals surface area contributed by atoms with Gasteiger partial charge in [-0.3, -0.25) is 4.79 Å². The van der Waals surface area contributed by atoms with Crippen LogP contribution in [0.4, 0.5) is 0 Å². The van der Waals surface area contributed by atoms with Crippen LogP contribution < -0.4 is 15.4 Å². The molecule has 0 unspecified atom stereocenters. The highest BCUT2D eigenvalue weighted by atomic mass is 16.5. The fourth-order valence-corrected chi connectivity index (χ4v) is 3.86. The maximum Gasteiger partial charge on any atom is 0.275 e. The van der Waals surface area contributed by atoms with Gasteiger partial charge in [0.15, 0.2) is 12.3 Å². The molecule has 6 heteroatoms. The number of amides is 1. The second kappa shape index (κ2) is 9.53. The number of aromatic amines is 1. The third-order valence-corrected chi connectivity index (χ3v) is 5.67. The predicted molar refractivity (Wildman–Crippen MR) is 120 cm³/mol. The highest BCUT2D eigenvalue weighted by molar-refractivity contribution is 5.84. The van der Waals surface area contributed by atoms with E-state index in [0.717, 1.165) is 33.5 Å². The van der Waals surface area contributed by atoms with Gasteiger partial charge in [0, 0.05) is 29.6 Å². The highest BCUT2D eigenvalue weighted by Crippen LogP contribution is 2.31. The maximum absolute atomic E-state index is 12.6. The molecule has 0 aliphatic rings. The van der Waals surface area contributed by atoms with Crippen molar-refractivity contribution >= 4 is 16.8 Å². The number of ether oxygens (including phenoxy) is 1. The summed E-state index contributed by atoms with van der Waals surface area (Å²) >= 11 is 0. The van der Waals surface area contributed by atoms with E-state index in [1.807, 2.05) is 54.8 Å². The molecule has 0 aliphatic carbocycles. The zero-order chi connectivity index (χ0) is 21.6. The summed E-state index contributed by atoms with van der Waals surface area (Å²) in [5, 5.41) is 6.25. The number of rotatable bonds is 9. The van der Waals surface area contributed by atoms with Gasteiger partial charge in [-0.1, -0.05) is 30.3 Å². The lowest BCUT2D eigenvalue weighted by Crippen LogP contribution is -2.87. The molecule has 4 N–H and O–H groups in total. The van der Waals surface area contributed by atoms with Gasteiger partial charge in [0.25, 0.3) is 5.91 Å². The lowest BCUT2D eigenvalue weighted by atomic mass is 9.91. The normalized spacial score (nSPS) is 13.1. The molecule has 2 aromatic carbocycles. The van der Waals surface area contributed by atoms with E-state index in [-0.39, 0.29) is 17.9 Å². The minimum Gasteiger partial charge on any atom is -0.497 e. The Kier molecular flexibility index (Phi) is 6.38. The van der Waals surface area contributed by atoms with Gasteiger partial charge in [-0.25, -0.2) is 0 Å². The standard InChI is InChI=1S/C25H27N3O3/c1-17(24-8-5-13-31-24)26-16-25(29)28-14-21(18-9-11-19(30-2)12-10-18)22-15-27-23-7-4-3-6-20(22)23/h3-13,15,17,21,26-27H,14,16H2,1-2H3,(H,28,29)/p+1/t17-,21-/m0/s1. The molecule has 2 heterocycles. The Morgan fingerprint density at radius 2 is 1.94 bits per heavy atom. The van der Waals surface area contributed by atoms with Crippen molar-refractivity contribution in [1.82, 2.24) is 10.3 Å². The number of hydrogen-bond acceptors (Lipinski definition) is 3. The number of para-hydroxylation sites is 1. The average Bonchev–Trinajstić information content (AvgIpc) is 3.49. The van der Waals surface area contributed by atoms with Gasteiger partial charge >= 0.3 is 0 Å². The molecule has 1 amide bonds. The Balaban J connectivity index is 1.48. The summed E-state index contributed by atoms with van der Waals surface area (Å²) < 4.78 is 10.7. The number of fused-ring (bicyclic) bond motifs is 1. The SMILES string of the molecule is COc1ccc([C@H](CNC(=O)C[NH2+][C@@H](C)c2ccco2)c2c[nH]c3ccccc23)cc1. The number of carbonyl (C=O) groups excluding carboxylic acids is 1. The second-order valence-corrected chi connectivity index (χ2v) is 7.66. The summed E-state index contributed by atoms with van der Waals surface area (Å²) in [4.78, 5) is 15.9. The topological polar surface area (TPSA) is 83.9 Å². The molecule has 0 saturated heterocycles. The molecule has 0 spiro atoms. The predicted octanol–water partition coefficient (Wildman–Crippen LogP) is 3.34. The smallest absolute Gasteiger partial charge is 0.275 e. The van der Waals surface area contributed by atoms with Crippen LogP contribution in [-0.4, -0.2) is 31.1 Å². The van der Waals surface area contributed by atoms with Crippen LogP contribution in [0.3, 0.4) is 0 Å². The van der Waals surface area contributed by atoms with Crippen LogP contribution in [0.5, 0.6) is 5.75 Å².